The van der Waals surface area contributed by atoms with E-state index in [4.69, 9.17) is 15.5 Å². The van der Waals surface area contributed by atoms with Crippen molar-refractivity contribution in [2.75, 3.05) is 13.2 Å². The number of benzene rings is 1. The van der Waals surface area contributed by atoms with E-state index in [1.54, 1.807) is 24.4 Å². The summed E-state index contributed by atoms with van der Waals surface area (Å²) < 4.78 is 50.1. The minimum atomic E-state index is -4.49. The SMILES string of the molecule is CC(C)c1ncccc1-c1c2c3cc(ccc3n1CC(F)(F)F)-c1csc(n1)C[C@H](N)C(=O)N1CCC[C@H](N1)C(=O)OCC(C)(C)C2. The molecule has 3 N–H and O–H groups in total. The molecular weight excluding hydrogens is 629 g/mol. The summed E-state index contributed by atoms with van der Waals surface area (Å²) in [6.07, 6.45) is -1.23. The number of nitrogens with zero attached hydrogens (tertiary/aromatic N) is 4. The molecule has 6 rings (SSSR count). The number of aromatic nitrogens is 3. The molecule has 9 nitrogen and oxygen atoms in total. The Morgan fingerprint density at radius 2 is 2.00 bits per heavy atom. The van der Waals surface area contributed by atoms with Gasteiger partial charge in [0.1, 0.15) is 12.6 Å². The van der Waals surface area contributed by atoms with Crippen LogP contribution in [0, 0.1) is 5.41 Å². The molecule has 0 saturated carbocycles. The van der Waals surface area contributed by atoms with Crippen LogP contribution in [0.25, 0.3) is 33.4 Å². The van der Waals surface area contributed by atoms with E-state index in [-0.39, 0.29) is 24.9 Å². The van der Waals surface area contributed by atoms with Crippen LogP contribution in [0.4, 0.5) is 13.2 Å². The number of carbonyl (C=O) groups is 2. The molecule has 0 unspecified atom stereocenters. The summed E-state index contributed by atoms with van der Waals surface area (Å²) in [7, 11) is 0. The zero-order chi connectivity index (χ0) is 33.7. The van der Waals surface area contributed by atoms with Crippen LogP contribution in [-0.2, 0) is 33.7 Å². The Kier molecular flexibility index (Phi) is 8.92. The Bertz CT molecular complexity index is 1810. The van der Waals surface area contributed by atoms with E-state index in [1.807, 2.05) is 45.2 Å². The van der Waals surface area contributed by atoms with Crippen LogP contribution in [0.5, 0.6) is 0 Å². The van der Waals surface area contributed by atoms with Crippen LogP contribution in [0.3, 0.4) is 0 Å². The van der Waals surface area contributed by atoms with Gasteiger partial charge in [-0.05, 0) is 55.0 Å². The Hall–Kier alpha value is -3.81. The number of hydrazine groups is 1. The quantitative estimate of drug-likeness (QED) is 0.257. The molecule has 0 aliphatic carbocycles. The van der Waals surface area contributed by atoms with Gasteiger partial charge < -0.3 is 15.0 Å². The van der Waals surface area contributed by atoms with Crippen LogP contribution >= 0.6 is 11.3 Å². The number of halogens is 3. The van der Waals surface area contributed by atoms with Crippen molar-refractivity contribution in [3.63, 3.8) is 0 Å². The predicted molar refractivity (Wildman–Crippen MR) is 174 cm³/mol. The van der Waals surface area contributed by atoms with Crippen molar-refractivity contribution in [1.29, 1.82) is 0 Å². The Morgan fingerprint density at radius 3 is 2.74 bits per heavy atom. The lowest BCUT2D eigenvalue weighted by molar-refractivity contribution is -0.155. The number of hydrogen-bond donors (Lipinski definition) is 2. The molecule has 1 fully saturated rings. The maximum atomic E-state index is 14.3. The van der Waals surface area contributed by atoms with Gasteiger partial charge in [-0.1, -0.05) is 33.8 Å². The summed E-state index contributed by atoms with van der Waals surface area (Å²) in [6, 6.07) is 7.36. The third-order valence-electron chi connectivity index (χ3n) is 8.70. The fourth-order valence-electron chi connectivity index (χ4n) is 6.52. The van der Waals surface area contributed by atoms with E-state index >= 15 is 0 Å². The molecule has 6 bridgehead atoms. The van der Waals surface area contributed by atoms with Gasteiger partial charge in [0, 0.05) is 52.0 Å². The van der Waals surface area contributed by atoms with Crippen molar-refractivity contribution in [2.24, 2.45) is 11.1 Å². The number of esters is 1. The molecule has 1 aromatic carbocycles. The fourth-order valence-corrected chi connectivity index (χ4v) is 7.38. The minimum absolute atomic E-state index is 0.0159. The van der Waals surface area contributed by atoms with Gasteiger partial charge in [0.15, 0.2) is 0 Å². The minimum Gasteiger partial charge on any atom is -0.464 e. The summed E-state index contributed by atoms with van der Waals surface area (Å²) in [5, 5.41) is 4.59. The predicted octanol–water partition coefficient (Wildman–Crippen LogP) is 6.00. The number of amides is 1. The second-order valence-electron chi connectivity index (χ2n) is 13.6. The molecule has 250 valence electrons. The number of cyclic esters (lactones) is 1. The summed E-state index contributed by atoms with van der Waals surface area (Å²) in [4.78, 5) is 35.9. The third kappa shape index (κ3) is 6.93. The second kappa shape index (κ2) is 12.7. The Balaban J connectivity index is 1.56. The fraction of sp³-hybridized carbons (Fsp3) is 0.471. The molecule has 4 aromatic rings. The number of thiazole rings is 1. The molecule has 1 amide bonds. The highest BCUT2D eigenvalue weighted by atomic mass is 32.1. The Labute approximate surface area is 275 Å². The molecule has 3 aromatic heterocycles. The summed E-state index contributed by atoms with van der Waals surface area (Å²) in [6.45, 7) is 7.05. The van der Waals surface area contributed by atoms with Gasteiger partial charge in [-0.3, -0.25) is 19.6 Å². The smallest absolute Gasteiger partial charge is 0.406 e. The first-order valence-electron chi connectivity index (χ1n) is 15.8. The highest BCUT2D eigenvalue weighted by Gasteiger charge is 2.36. The average Bonchev–Trinajstić information content (AvgIpc) is 3.60. The van der Waals surface area contributed by atoms with Gasteiger partial charge in [0.2, 0.25) is 0 Å². The number of nitrogens with two attached hydrogens (primary N) is 1. The van der Waals surface area contributed by atoms with Crippen molar-refractivity contribution in [2.45, 2.75) is 84.1 Å². The zero-order valence-corrected chi connectivity index (χ0v) is 27.7. The van der Waals surface area contributed by atoms with E-state index in [9.17, 15) is 22.8 Å². The maximum absolute atomic E-state index is 14.3. The zero-order valence-electron chi connectivity index (χ0n) is 26.9. The normalized spacial score (nSPS) is 20.8. The van der Waals surface area contributed by atoms with Gasteiger partial charge in [-0.25, -0.2) is 10.4 Å². The first-order chi connectivity index (χ1) is 22.2. The first kappa shape index (κ1) is 33.1. The highest BCUT2D eigenvalue weighted by Crippen LogP contribution is 2.43. The number of ether oxygens (including phenoxy) is 1. The number of nitrogens with one attached hydrogen (secondary N) is 1. The Morgan fingerprint density at radius 1 is 1.21 bits per heavy atom. The molecule has 0 radical (unpaired) electrons. The molecule has 2 aliphatic rings. The molecule has 13 heteroatoms. The number of hydrogen-bond acceptors (Lipinski definition) is 8. The van der Waals surface area contributed by atoms with Crippen LogP contribution < -0.4 is 11.2 Å². The van der Waals surface area contributed by atoms with Crippen molar-refractivity contribution >= 4 is 34.1 Å². The van der Waals surface area contributed by atoms with Crippen molar-refractivity contribution in [3.05, 3.63) is 58.2 Å². The lowest BCUT2D eigenvalue weighted by atomic mass is 9.84. The lowest BCUT2D eigenvalue weighted by Crippen LogP contribution is -2.59. The number of pyridine rings is 1. The lowest BCUT2D eigenvalue weighted by Gasteiger charge is -2.34. The third-order valence-corrected chi connectivity index (χ3v) is 9.57. The van der Waals surface area contributed by atoms with E-state index in [2.05, 4.69) is 10.4 Å². The van der Waals surface area contributed by atoms with Crippen LogP contribution in [0.1, 0.15) is 62.7 Å². The van der Waals surface area contributed by atoms with Crippen molar-refractivity contribution in [3.8, 4) is 22.5 Å². The van der Waals surface area contributed by atoms with E-state index in [0.717, 1.165) is 5.56 Å². The van der Waals surface area contributed by atoms with Crippen LogP contribution in [-0.4, -0.2) is 62.8 Å². The van der Waals surface area contributed by atoms with Gasteiger partial charge in [-0.2, -0.15) is 13.2 Å². The summed E-state index contributed by atoms with van der Waals surface area (Å²) >= 11 is 1.37. The van der Waals surface area contributed by atoms with Crippen molar-refractivity contribution < 1.29 is 27.5 Å². The molecule has 2 aliphatic heterocycles. The number of alkyl halides is 3. The van der Waals surface area contributed by atoms with Crippen molar-refractivity contribution in [1.82, 2.24) is 25.0 Å². The monoisotopic (exact) mass is 668 g/mol. The van der Waals surface area contributed by atoms with Gasteiger partial charge >= 0.3 is 12.1 Å². The molecule has 5 heterocycles. The van der Waals surface area contributed by atoms with Gasteiger partial charge in [0.25, 0.3) is 5.91 Å². The standard InChI is InChI=1S/C34H39F3N6O3S/c1-19(2)29-21(7-5-11-39-29)30-23-15-33(3,4)18-46-32(45)25-8-6-12-43(41-25)31(44)24(38)14-28-40-26(16-47-28)20-9-10-27(22(23)13-20)42(30)17-34(35,36)37/h5,7,9-11,13,16,19,24-25,41H,6,8,12,14-15,17-18,38H2,1-4H3/t24-,25-/m0/s1. The van der Waals surface area contributed by atoms with Crippen LogP contribution in [0.15, 0.2) is 41.9 Å². The molecule has 2 atom stereocenters. The van der Waals surface area contributed by atoms with Crippen LogP contribution in [0.2, 0.25) is 0 Å². The largest absolute Gasteiger partial charge is 0.464 e. The number of fused-ring (bicyclic) bond motifs is 6. The van der Waals surface area contributed by atoms with E-state index in [0.29, 0.717) is 69.9 Å². The van der Waals surface area contributed by atoms with Gasteiger partial charge in [-0.15, -0.1) is 11.3 Å². The molecule has 1 saturated heterocycles. The first-order valence-corrected chi connectivity index (χ1v) is 16.7. The van der Waals surface area contributed by atoms with E-state index < -0.39 is 36.2 Å². The molecule has 0 spiro atoms. The molecular formula is C34H39F3N6O3S. The topological polar surface area (TPSA) is 115 Å². The second-order valence-corrected chi connectivity index (χ2v) is 14.5. The summed E-state index contributed by atoms with van der Waals surface area (Å²) in [5.41, 5.74) is 13.0. The van der Waals surface area contributed by atoms with Gasteiger partial charge in [0.05, 0.1) is 34.7 Å². The molecule has 47 heavy (non-hydrogen) atoms. The number of rotatable bonds is 3. The summed E-state index contributed by atoms with van der Waals surface area (Å²) in [5.74, 6) is -0.874. The average molecular weight is 669 g/mol. The van der Waals surface area contributed by atoms with E-state index in [1.165, 1.54) is 20.9 Å². The highest BCUT2D eigenvalue weighted by molar-refractivity contribution is 7.10. The maximum Gasteiger partial charge on any atom is 0.406 e. The number of carbonyl (C=O) groups excluding carboxylic acids is 2.